The molecule has 2 rings (SSSR count). The lowest BCUT2D eigenvalue weighted by Crippen LogP contribution is -2.62. The van der Waals surface area contributed by atoms with E-state index in [9.17, 15) is 24.3 Å². The van der Waals surface area contributed by atoms with E-state index >= 15 is 0 Å². The predicted octanol–water partition coefficient (Wildman–Crippen LogP) is 1.44. The van der Waals surface area contributed by atoms with Gasteiger partial charge in [-0.25, -0.2) is 4.98 Å². The Morgan fingerprint density at radius 1 is 1.17 bits per heavy atom. The van der Waals surface area contributed by atoms with Crippen molar-refractivity contribution in [3.63, 3.8) is 0 Å². The third-order valence-corrected chi connectivity index (χ3v) is 8.23. The highest BCUT2D eigenvalue weighted by Gasteiger charge is 2.47. The molecule has 1 aromatic heterocycles. The number of amides is 3. The number of nitrogens with zero attached hydrogens (tertiary/aromatic N) is 2. The normalized spacial score (nSPS) is 19.6. The molecule has 1 aromatic rings. The Morgan fingerprint density at radius 3 is 2.39 bits per heavy atom. The largest absolute Gasteiger partial charge is 0.365 e. The number of rotatable bonds is 15. The number of carbonyl (C=O) groups is 4. The first kappa shape index (κ1) is 34.5. The molecule has 1 aliphatic heterocycles. The van der Waals surface area contributed by atoms with E-state index in [1.54, 1.807) is 22.4 Å². The smallest absolute Gasteiger partial charge is 0.289 e. The van der Waals surface area contributed by atoms with Gasteiger partial charge < -0.3 is 20.6 Å². The summed E-state index contributed by atoms with van der Waals surface area (Å²) in [5.41, 5.74) is -0.599. The first-order valence-electron chi connectivity index (χ1n) is 14.3. The van der Waals surface area contributed by atoms with Gasteiger partial charge in [0.05, 0.1) is 17.6 Å². The summed E-state index contributed by atoms with van der Waals surface area (Å²) in [6, 6.07) is -1.71. The molecule has 0 bridgehead atoms. The number of hydrogen-bond acceptors (Lipinski definition) is 9. The van der Waals surface area contributed by atoms with Crippen molar-refractivity contribution in [1.82, 2.24) is 31.2 Å². The number of ketones is 1. The van der Waals surface area contributed by atoms with Crippen LogP contribution in [0.25, 0.3) is 0 Å². The van der Waals surface area contributed by atoms with Crippen molar-refractivity contribution >= 4 is 34.8 Å². The van der Waals surface area contributed by atoms with Crippen molar-refractivity contribution < 1.29 is 24.3 Å². The number of thiazole rings is 1. The zero-order valence-corrected chi connectivity index (χ0v) is 26.2. The third-order valence-electron chi connectivity index (χ3n) is 7.43. The van der Waals surface area contributed by atoms with Gasteiger partial charge in [0.1, 0.15) is 6.04 Å². The Hall–Kier alpha value is -2.67. The molecule has 12 heteroatoms. The number of likely N-dealkylation sites (tertiary alicyclic amines) is 1. The van der Waals surface area contributed by atoms with E-state index in [0.717, 1.165) is 5.01 Å². The maximum Gasteiger partial charge on any atom is 0.289 e. The lowest BCUT2D eigenvalue weighted by atomic mass is 9.84. The minimum atomic E-state index is -1.18. The Kier molecular flexibility index (Phi) is 13.1. The van der Waals surface area contributed by atoms with Gasteiger partial charge in [-0.15, -0.1) is 17.9 Å². The van der Waals surface area contributed by atoms with Crippen molar-refractivity contribution in [2.45, 2.75) is 85.8 Å². The average Bonchev–Trinajstić information content (AvgIpc) is 3.57. The molecular formula is C29H48N6O5S. The van der Waals surface area contributed by atoms with Crippen LogP contribution < -0.4 is 21.3 Å². The highest BCUT2D eigenvalue weighted by atomic mass is 32.1. The van der Waals surface area contributed by atoms with Crippen LogP contribution in [0.2, 0.25) is 0 Å². The Morgan fingerprint density at radius 2 is 1.85 bits per heavy atom. The van der Waals surface area contributed by atoms with Gasteiger partial charge in [-0.1, -0.05) is 54.5 Å². The molecule has 0 radical (unpaired) electrons. The molecule has 2 heterocycles. The summed E-state index contributed by atoms with van der Waals surface area (Å²) >= 11 is 1.55. The van der Waals surface area contributed by atoms with Crippen LogP contribution in [0.4, 0.5) is 0 Å². The second-order valence-electron chi connectivity index (χ2n) is 12.3. The van der Waals surface area contributed by atoms with E-state index in [0.29, 0.717) is 19.4 Å². The molecule has 11 nitrogen and oxygen atoms in total. The molecule has 3 amide bonds. The summed E-state index contributed by atoms with van der Waals surface area (Å²) in [4.78, 5) is 57.5. The van der Waals surface area contributed by atoms with Crippen LogP contribution in [0.1, 0.15) is 59.9 Å². The molecule has 0 saturated carbocycles. The van der Waals surface area contributed by atoms with Gasteiger partial charge in [-0.2, -0.15) is 0 Å². The standard InChI is InChI=1S/C29H48N6O5S/c1-9-11-31-25(37)21(36)16-32-26(38)23-19(17(2)3)10-13-35(23)27(39)24(29(6,7)8)34-28(40)33-20(18(4)5)15-22-30-12-14-41-22/h9,12,14,17-20,23-24,28,33-34,40H,1,10-11,13,15-16H2,2-8H3,(H,31,37)(H,32,38)/t19-,20-,23+,24-,28?/m1/s1. The summed E-state index contributed by atoms with van der Waals surface area (Å²) in [7, 11) is 0. The number of aliphatic hydroxyl groups is 1. The molecule has 5 N–H and O–H groups in total. The van der Waals surface area contributed by atoms with E-state index in [2.05, 4.69) is 46.7 Å². The van der Waals surface area contributed by atoms with Gasteiger partial charge in [0, 0.05) is 37.1 Å². The van der Waals surface area contributed by atoms with E-state index in [1.165, 1.54) is 6.08 Å². The van der Waals surface area contributed by atoms with E-state index < -0.39 is 48.0 Å². The van der Waals surface area contributed by atoms with Crippen LogP contribution >= 0.6 is 11.3 Å². The van der Waals surface area contributed by atoms with Gasteiger partial charge in [0.15, 0.2) is 6.35 Å². The quantitative estimate of drug-likeness (QED) is 0.117. The van der Waals surface area contributed by atoms with Crippen LogP contribution in [0.15, 0.2) is 24.2 Å². The number of carbonyl (C=O) groups excluding carboxylic acids is 4. The topological polar surface area (TPSA) is 153 Å². The third kappa shape index (κ3) is 9.98. The van der Waals surface area contributed by atoms with Crippen LogP contribution in [0.3, 0.4) is 0 Å². The Bertz CT molecular complexity index is 1040. The highest BCUT2D eigenvalue weighted by molar-refractivity contribution is 7.09. The summed E-state index contributed by atoms with van der Waals surface area (Å²) in [6.07, 6.45) is 3.28. The molecule has 41 heavy (non-hydrogen) atoms. The molecule has 1 aliphatic rings. The number of aliphatic hydroxyl groups excluding tert-OH is 1. The van der Waals surface area contributed by atoms with Crippen molar-refractivity contribution in [2.24, 2.45) is 23.2 Å². The maximum absolute atomic E-state index is 14.0. The number of hydrogen-bond donors (Lipinski definition) is 5. The average molecular weight is 593 g/mol. The fourth-order valence-corrected chi connectivity index (χ4v) is 5.68. The van der Waals surface area contributed by atoms with E-state index in [1.807, 2.05) is 40.0 Å². The van der Waals surface area contributed by atoms with Crippen LogP contribution in [0.5, 0.6) is 0 Å². The van der Waals surface area contributed by atoms with Gasteiger partial charge in [0.25, 0.3) is 5.91 Å². The lowest BCUT2D eigenvalue weighted by molar-refractivity contribution is -0.145. The minimum Gasteiger partial charge on any atom is -0.365 e. The maximum atomic E-state index is 14.0. The second-order valence-corrected chi connectivity index (χ2v) is 13.3. The number of aromatic nitrogens is 1. The molecule has 0 spiro atoms. The van der Waals surface area contributed by atoms with Gasteiger partial charge >= 0.3 is 0 Å². The van der Waals surface area contributed by atoms with Crippen molar-refractivity contribution in [2.75, 3.05) is 19.6 Å². The fraction of sp³-hybridized carbons (Fsp3) is 0.690. The SMILES string of the molecule is C=CCNC(=O)C(=O)CNC(=O)[C@@H]1[C@@H](C(C)C)CCN1C(=O)[C@@H](NC(O)N[C@H](Cc1nccs1)C(C)C)C(C)(C)C. The predicted molar refractivity (Wildman–Crippen MR) is 160 cm³/mol. The van der Waals surface area contributed by atoms with Crippen LogP contribution in [-0.2, 0) is 25.6 Å². The number of nitrogens with one attached hydrogen (secondary N) is 4. The number of Topliss-reactive ketones (excluding diaryl/α,β-unsaturated/α-hetero) is 1. The first-order chi connectivity index (χ1) is 19.2. The molecule has 0 aromatic carbocycles. The van der Waals surface area contributed by atoms with E-state index in [4.69, 9.17) is 0 Å². The van der Waals surface area contributed by atoms with Gasteiger partial charge in [-0.3, -0.25) is 29.8 Å². The summed E-state index contributed by atoms with van der Waals surface area (Å²) in [5, 5.41) is 25.1. The van der Waals surface area contributed by atoms with Gasteiger partial charge in [-0.05, 0) is 29.6 Å². The molecule has 1 saturated heterocycles. The van der Waals surface area contributed by atoms with Crippen molar-refractivity contribution in [3.8, 4) is 0 Å². The summed E-state index contributed by atoms with van der Waals surface area (Å²) < 4.78 is 0. The zero-order chi connectivity index (χ0) is 30.9. The first-order valence-corrected chi connectivity index (χ1v) is 15.1. The molecule has 0 aliphatic carbocycles. The Balaban J connectivity index is 2.18. The molecule has 1 unspecified atom stereocenters. The lowest BCUT2D eigenvalue weighted by Gasteiger charge is -2.38. The monoisotopic (exact) mass is 592 g/mol. The zero-order valence-electron chi connectivity index (χ0n) is 25.4. The second kappa shape index (κ2) is 15.5. The summed E-state index contributed by atoms with van der Waals surface area (Å²) in [6.45, 7) is 17.3. The Labute approximate surface area is 247 Å². The molecule has 5 atom stereocenters. The fourth-order valence-electron chi connectivity index (χ4n) is 5.01. The summed E-state index contributed by atoms with van der Waals surface area (Å²) in [5.74, 6) is -2.21. The van der Waals surface area contributed by atoms with E-state index in [-0.39, 0.29) is 36.2 Å². The highest BCUT2D eigenvalue weighted by Crippen LogP contribution is 2.33. The molecule has 1 fully saturated rings. The minimum absolute atomic E-state index is 0.0868. The van der Waals surface area contributed by atoms with Crippen LogP contribution in [0, 0.1) is 23.2 Å². The molecular weight excluding hydrogens is 544 g/mol. The van der Waals surface area contributed by atoms with Crippen LogP contribution in [-0.4, -0.2) is 82.6 Å². The van der Waals surface area contributed by atoms with Gasteiger partial charge in [0.2, 0.25) is 17.6 Å². The van der Waals surface area contributed by atoms with Crippen molar-refractivity contribution in [1.29, 1.82) is 0 Å². The molecule has 230 valence electrons. The van der Waals surface area contributed by atoms with Crippen molar-refractivity contribution in [3.05, 3.63) is 29.2 Å².